The van der Waals surface area contributed by atoms with E-state index in [0.717, 1.165) is 6.07 Å². The van der Waals surface area contributed by atoms with Gasteiger partial charge in [0.1, 0.15) is 12.4 Å². The van der Waals surface area contributed by atoms with Gasteiger partial charge in [0.25, 0.3) is 0 Å². The molecule has 0 radical (unpaired) electrons. The van der Waals surface area contributed by atoms with Crippen LogP contribution < -0.4 is 19.5 Å². The van der Waals surface area contributed by atoms with Crippen LogP contribution in [-0.4, -0.2) is 19.9 Å². The number of alkyl halides is 3. The van der Waals surface area contributed by atoms with Gasteiger partial charge >= 0.3 is 6.18 Å². The highest BCUT2D eigenvalue weighted by Crippen LogP contribution is 2.36. The second-order valence-electron chi connectivity index (χ2n) is 5.16. The highest BCUT2D eigenvalue weighted by molar-refractivity contribution is 5.56. The smallest absolute Gasteiger partial charge is 0.418 e. The summed E-state index contributed by atoms with van der Waals surface area (Å²) in [6.07, 6.45) is -4.55. The first-order valence-corrected chi connectivity index (χ1v) is 7.35. The van der Waals surface area contributed by atoms with Crippen molar-refractivity contribution in [3.05, 3.63) is 47.5 Å². The van der Waals surface area contributed by atoms with Crippen molar-refractivity contribution in [1.29, 1.82) is 5.26 Å². The highest BCUT2D eigenvalue weighted by atomic mass is 19.4. The van der Waals surface area contributed by atoms with Gasteiger partial charge in [0.2, 0.25) is 6.79 Å². The van der Waals surface area contributed by atoms with Crippen molar-refractivity contribution in [1.82, 2.24) is 0 Å². The maximum atomic E-state index is 13.1. The van der Waals surface area contributed by atoms with E-state index in [-0.39, 0.29) is 31.2 Å². The Bertz CT molecular complexity index is 816. The normalized spacial score (nSPS) is 12.6. The molecule has 0 aliphatic carbocycles. The van der Waals surface area contributed by atoms with Crippen molar-refractivity contribution in [3.8, 4) is 23.3 Å². The monoisotopic (exact) mass is 350 g/mol. The van der Waals surface area contributed by atoms with Crippen LogP contribution >= 0.6 is 0 Å². The lowest BCUT2D eigenvalue weighted by Crippen LogP contribution is -2.16. The van der Waals surface area contributed by atoms with Gasteiger partial charge in [0.05, 0.1) is 17.2 Å². The molecule has 1 heterocycles. The van der Waals surface area contributed by atoms with Crippen LogP contribution in [0.1, 0.15) is 11.1 Å². The third-order valence-electron chi connectivity index (χ3n) is 3.48. The first-order chi connectivity index (χ1) is 12.0. The van der Waals surface area contributed by atoms with Crippen molar-refractivity contribution < 1.29 is 27.4 Å². The minimum absolute atomic E-state index is 0.0468. The Morgan fingerprint density at radius 3 is 2.68 bits per heavy atom. The van der Waals surface area contributed by atoms with Gasteiger partial charge in [0.15, 0.2) is 11.5 Å². The number of fused-ring (bicyclic) bond motifs is 1. The lowest BCUT2D eigenvalue weighted by Gasteiger charge is -2.15. The summed E-state index contributed by atoms with van der Waals surface area (Å²) in [4.78, 5) is 0. The first kappa shape index (κ1) is 16.8. The fraction of sp³-hybridized carbons (Fsp3) is 0.235. The molecule has 1 aliphatic heterocycles. The number of benzene rings is 2. The first-order valence-electron chi connectivity index (χ1n) is 7.35. The van der Waals surface area contributed by atoms with Crippen molar-refractivity contribution in [2.45, 2.75) is 6.18 Å². The van der Waals surface area contributed by atoms with Gasteiger partial charge in [-0.15, -0.1) is 0 Å². The van der Waals surface area contributed by atoms with Crippen molar-refractivity contribution in [3.63, 3.8) is 0 Å². The van der Waals surface area contributed by atoms with Crippen LogP contribution in [0.3, 0.4) is 0 Å². The summed E-state index contributed by atoms with van der Waals surface area (Å²) < 4.78 is 55.1. The van der Waals surface area contributed by atoms with Gasteiger partial charge in [0, 0.05) is 18.3 Å². The molecule has 0 amide bonds. The fourth-order valence-corrected chi connectivity index (χ4v) is 2.32. The van der Waals surface area contributed by atoms with E-state index < -0.39 is 11.7 Å². The fourth-order valence-electron chi connectivity index (χ4n) is 2.32. The maximum Gasteiger partial charge on any atom is 0.418 e. The highest BCUT2D eigenvalue weighted by Gasteiger charge is 2.33. The zero-order valence-corrected chi connectivity index (χ0v) is 12.9. The Morgan fingerprint density at radius 1 is 1.12 bits per heavy atom. The third-order valence-corrected chi connectivity index (χ3v) is 3.48. The van der Waals surface area contributed by atoms with E-state index in [1.165, 1.54) is 12.1 Å². The van der Waals surface area contributed by atoms with Gasteiger partial charge in [-0.25, -0.2) is 0 Å². The molecule has 8 heteroatoms. The standard InChI is InChI=1S/C17H13F3N2O3/c18-17(19,20)13-7-11(9-21)1-3-14(13)22-5-6-23-12-2-4-15-16(8-12)25-10-24-15/h1-4,7-8,22H,5-6,10H2. The molecular formula is C17H13F3N2O3. The van der Waals surface area contributed by atoms with Crippen LogP contribution in [0.25, 0.3) is 0 Å². The Hall–Kier alpha value is -3.08. The lowest BCUT2D eigenvalue weighted by atomic mass is 10.1. The summed E-state index contributed by atoms with van der Waals surface area (Å²) in [5, 5.41) is 11.4. The van der Waals surface area contributed by atoms with Crippen LogP contribution in [0.2, 0.25) is 0 Å². The summed E-state index contributed by atoms with van der Waals surface area (Å²) in [5.74, 6) is 1.72. The Morgan fingerprint density at radius 2 is 1.92 bits per heavy atom. The largest absolute Gasteiger partial charge is 0.492 e. The zero-order chi connectivity index (χ0) is 17.9. The lowest BCUT2D eigenvalue weighted by molar-refractivity contribution is -0.137. The Balaban J connectivity index is 1.60. The molecule has 1 aliphatic rings. The van der Waals surface area contributed by atoms with Crippen LogP contribution in [-0.2, 0) is 6.18 Å². The van der Waals surface area contributed by atoms with E-state index in [0.29, 0.717) is 17.2 Å². The van der Waals surface area contributed by atoms with Gasteiger partial charge in [-0.1, -0.05) is 0 Å². The summed E-state index contributed by atoms with van der Waals surface area (Å²) in [7, 11) is 0. The molecule has 25 heavy (non-hydrogen) atoms. The Labute approximate surface area is 141 Å². The summed E-state index contributed by atoms with van der Waals surface area (Å²) in [6, 6.07) is 10.1. The number of nitrogens with one attached hydrogen (secondary N) is 1. The number of anilines is 1. The average Bonchev–Trinajstić information content (AvgIpc) is 3.05. The van der Waals surface area contributed by atoms with E-state index in [1.807, 2.05) is 0 Å². The molecule has 130 valence electrons. The van der Waals surface area contributed by atoms with E-state index in [1.54, 1.807) is 24.3 Å². The number of halogens is 3. The number of hydrogen-bond donors (Lipinski definition) is 1. The van der Waals surface area contributed by atoms with Crippen LogP contribution in [0.4, 0.5) is 18.9 Å². The summed E-state index contributed by atoms with van der Waals surface area (Å²) >= 11 is 0. The van der Waals surface area contributed by atoms with Gasteiger partial charge < -0.3 is 19.5 Å². The molecule has 0 saturated carbocycles. The molecular weight excluding hydrogens is 337 g/mol. The van der Waals surface area contributed by atoms with Gasteiger partial charge in [-0.3, -0.25) is 0 Å². The molecule has 3 rings (SSSR count). The minimum Gasteiger partial charge on any atom is -0.492 e. The summed E-state index contributed by atoms with van der Waals surface area (Å²) in [5.41, 5.74) is -1.02. The molecule has 2 aromatic rings. The predicted molar refractivity (Wildman–Crippen MR) is 82.7 cm³/mol. The predicted octanol–water partition coefficient (Wildman–Crippen LogP) is 3.80. The molecule has 0 bridgehead atoms. The minimum atomic E-state index is -4.55. The summed E-state index contributed by atoms with van der Waals surface area (Å²) in [6.45, 7) is 0.458. The number of ether oxygens (including phenoxy) is 3. The SMILES string of the molecule is N#Cc1ccc(NCCOc2ccc3c(c2)OCO3)c(C(F)(F)F)c1. The molecule has 0 fully saturated rings. The second-order valence-corrected chi connectivity index (χ2v) is 5.16. The van der Waals surface area contributed by atoms with Crippen LogP contribution in [0.5, 0.6) is 17.2 Å². The van der Waals surface area contributed by atoms with Gasteiger partial charge in [-0.2, -0.15) is 18.4 Å². The molecule has 0 aromatic heterocycles. The molecule has 0 spiro atoms. The molecule has 0 atom stereocenters. The zero-order valence-electron chi connectivity index (χ0n) is 12.9. The van der Waals surface area contributed by atoms with Crippen LogP contribution in [0, 0.1) is 11.3 Å². The molecule has 2 aromatic carbocycles. The van der Waals surface area contributed by atoms with E-state index >= 15 is 0 Å². The van der Waals surface area contributed by atoms with Gasteiger partial charge in [-0.05, 0) is 30.3 Å². The van der Waals surface area contributed by atoms with Crippen molar-refractivity contribution >= 4 is 5.69 Å². The number of hydrogen-bond acceptors (Lipinski definition) is 5. The van der Waals surface area contributed by atoms with Crippen LogP contribution in [0.15, 0.2) is 36.4 Å². The quantitative estimate of drug-likeness (QED) is 0.831. The molecule has 1 N–H and O–H groups in total. The molecule has 5 nitrogen and oxygen atoms in total. The number of rotatable bonds is 5. The van der Waals surface area contributed by atoms with E-state index in [4.69, 9.17) is 19.5 Å². The topological polar surface area (TPSA) is 63.5 Å². The average molecular weight is 350 g/mol. The Kier molecular flexibility index (Phi) is 4.57. The van der Waals surface area contributed by atoms with E-state index in [2.05, 4.69) is 5.32 Å². The maximum absolute atomic E-state index is 13.1. The number of nitrogens with zero attached hydrogens (tertiary/aromatic N) is 1. The van der Waals surface area contributed by atoms with E-state index in [9.17, 15) is 13.2 Å². The molecule has 0 unspecified atom stereocenters. The third kappa shape index (κ3) is 3.88. The number of nitriles is 1. The second kappa shape index (κ2) is 6.81. The molecule has 0 saturated heterocycles. The van der Waals surface area contributed by atoms with Crippen molar-refractivity contribution in [2.24, 2.45) is 0 Å². The van der Waals surface area contributed by atoms with Crippen molar-refractivity contribution in [2.75, 3.05) is 25.3 Å².